The van der Waals surface area contributed by atoms with Crippen LogP contribution in [0.3, 0.4) is 0 Å². The van der Waals surface area contributed by atoms with Crippen molar-refractivity contribution < 1.29 is 0 Å². The second kappa shape index (κ2) is 13.5. The summed E-state index contributed by atoms with van der Waals surface area (Å²) in [5.41, 5.74) is 25.9. The van der Waals surface area contributed by atoms with Gasteiger partial charge in [0, 0.05) is 22.4 Å². The fourth-order valence-corrected chi connectivity index (χ4v) is 13.2. The van der Waals surface area contributed by atoms with Crippen LogP contribution in [-0.2, 0) is 16.2 Å². The lowest BCUT2D eigenvalue weighted by Crippen LogP contribution is -2.29. The molecule has 4 aliphatic rings. The number of hydrogen-bond donors (Lipinski definition) is 0. The Kier molecular flexibility index (Phi) is 7.66. The summed E-state index contributed by atoms with van der Waals surface area (Å²) in [5, 5.41) is 0. The van der Waals surface area contributed by atoms with Gasteiger partial charge in [-0.05, 0) is 125 Å². The van der Waals surface area contributed by atoms with Crippen LogP contribution in [0.4, 0.5) is 17.1 Å². The molecular formula is C65H45N. The van der Waals surface area contributed by atoms with Crippen molar-refractivity contribution in [2.45, 2.75) is 30.1 Å². The Labute approximate surface area is 387 Å². The van der Waals surface area contributed by atoms with Gasteiger partial charge in [0.15, 0.2) is 0 Å². The normalized spacial score (nSPS) is 15.2. The molecule has 0 amide bonds. The number of benzene rings is 10. The highest BCUT2D eigenvalue weighted by Gasteiger charge is 2.54. The lowest BCUT2D eigenvalue weighted by atomic mass is 9.68. The van der Waals surface area contributed by atoms with E-state index >= 15 is 0 Å². The third kappa shape index (κ3) is 4.64. The third-order valence-corrected chi connectivity index (χ3v) is 15.8. The lowest BCUT2D eigenvalue weighted by molar-refractivity contribution is 0.660. The van der Waals surface area contributed by atoms with E-state index in [0.29, 0.717) is 0 Å². The van der Waals surface area contributed by atoms with Gasteiger partial charge in [-0.3, -0.25) is 0 Å². The van der Waals surface area contributed by atoms with Crippen molar-refractivity contribution in [2.24, 2.45) is 0 Å². The van der Waals surface area contributed by atoms with E-state index in [9.17, 15) is 0 Å². The molecule has 1 heteroatoms. The van der Waals surface area contributed by atoms with Crippen LogP contribution in [-0.4, -0.2) is 0 Å². The Balaban J connectivity index is 1.08. The molecule has 0 atom stereocenters. The van der Waals surface area contributed by atoms with Gasteiger partial charge in [-0.25, -0.2) is 0 Å². The van der Waals surface area contributed by atoms with Crippen LogP contribution in [0.2, 0.25) is 0 Å². The second-order valence-electron chi connectivity index (χ2n) is 19.1. The zero-order valence-corrected chi connectivity index (χ0v) is 37.0. The van der Waals surface area contributed by atoms with Gasteiger partial charge in [-0.1, -0.05) is 220 Å². The zero-order valence-electron chi connectivity index (χ0n) is 37.0. The molecule has 0 aliphatic heterocycles. The average molecular weight is 840 g/mol. The molecule has 0 heterocycles. The van der Waals surface area contributed by atoms with E-state index in [-0.39, 0.29) is 5.41 Å². The number of nitrogens with zero attached hydrogens (tertiary/aromatic N) is 1. The van der Waals surface area contributed by atoms with Gasteiger partial charge in [-0.15, -0.1) is 0 Å². The maximum absolute atomic E-state index is 2.60. The van der Waals surface area contributed by atoms with Crippen LogP contribution in [0.5, 0.6) is 0 Å². The van der Waals surface area contributed by atoms with E-state index in [1.807, 2.05) is 0 Å². The van der Waals surface area contributed by atoms with Crippen LogP contribution in [0.1, 0.15) is 69.5 Å². The molecule has 0 radical (unpaired) electrons. The molecule has 0 N–H and O–H groups in total. The van der Waals surface area contributed by atoms with Gasteiger partial charge < -0.3 is 4.90 Å². The van der Waals surface area contributed by atoms with Crippen molar-refractivity contribution in [3.63, 3.8) is 0 Å². The summed E-state index contributed by atoms with van der Waals surface area (Å²) in [6.45, 7) is 4.78. The van der Waals surface area contributed by atoms with Crippen molar-refractivity contribution >= 4 is 17.1 Å². The smallest absolute Gasteiger partial charge is 0.0746 e. The predicted octanol–water partition coefficient (Wildman–Crippen LogP) is 16.2. The molecule has 0 saturated heterocycles. The molecule has 0 fully saturated rings. The van der Waals surface area contributed by atoms with Crippen molar-refractivity contribution in [3.8, 4) is 44.5 Å². The summed E-state index contributed by atoms with van der Waals surface area (Å²) >= 11 is 0. The van der Waals surface area contributed by atoms with Gasteiger partial charge in [0.05, 0.1) is 16.5 Å². The SMILES string of the molecule is CC1(C)c2ccccc2-c2ccc(N(c3ccc4c(c3)-c3ccccc3C4(c3ccccc3)c3ccccc3)c3cccc4c3C3(c5ccccc5-c5ccccc53)c3ccccc3-4)cc21. The third-order valence-electron chi connectivity index (χ3n) is 15.8. The minimum Gasteiger partial charge on any atom is -0.310 e. The second-order valence-corrected chi connectivity index (χ2v) is 19.1. The molecule has 14 rings (SSSR count). The Morgan fingerprint density at radius 3 is 1.24 bits per heavy atom. The predicted molar refractivity (Wildman–Crippen MR) is 272 cm³/mol. The Morgan fingerprint density at radius 2 is 0.667 bits per heavy atom. The molecule has 1 spiro atoms. The largest absolute Gasteiger partial charge is 0.310 e. The monoisotopic (exact) mass is 839 g/mol. The molecule has 0 saturated carbocycles. The van der Waals surface area contributed by atoms with Crippen LogP contribution in [0, 0.1) is 0 Å². The summed E-state index contributed by atoms with van der Waals surface area (Å²) in [6, 6.07) is 89.5. The van der Waals surface area contributed by atoms with E-state index < -0.39 is 10.8 Å². The summed E-state index contributed by atoms with van der Waals surface area (Å²) in [7, 11) is 0. The summed E-state index contributed by atoms with van der Waals surface area (Å²) in [5.74, 6) is 0. The molecule has 10 aromatic carbocycles. The fraction of sp³-hybridized carbons (Fsp3) is 0.0769. The van der Waals surface area contributed by atoms with E-state index in [1.165, 1.54) is 106 Å². The van der Waals surface area contributed by atoms with Crippen molar-refractivity contribution in [1.29, 1.82) is 0 Å². The minimum absolute atomic E-state index is 0.172. The first-order valence-corrected chi connectivity index (χ1v) is 23.3. The first-order chi connectivity index (χ1) is 32.5. The number of fused-ring (bicyclic) bond motifs is 16. The Bertz CT molecular complexity index is 3530. The molecule has 1 nitrogen and oxygen atoms in total. The molecule has 10 aromatic rings. The maximum atomic E-state index is 2.60. The lowest BCUT2D eigenvalue weighted by Gasteiger charge is -2.36. The highest BCUT2D eigenvalue weighted by Crippen LogP contribution is 2.66. The highest BCUT2D eigenvalue weighted by molar-refractivity contribution is 6.00. The van der Waals surface area contributed by atoms with Gasteiger partial charge in [0.1, 0.15) is 0 Å². The molecular weight excluding hydrogens is 795 g/mol. The Hall–Kier alpha value is -8.00. The molecule has 0 unspecified atom stereocenters. The van der Waals surface area contributed by atoms with Gasteiger partial charge in [0.25, 0.3) is 0 Å². The maximum Gasteiger partial charge on any atom is 0.0746 e. The molecule has 4 aliphatic carbocycles. The molecule has 0 bridgehead atoms. The topological polar surface area (TPSA) is 3.24 Å². The fourth-order valence-electron chi connectivity index (χ4n) is 13.2. The quantitative estimate of drug-likeness (QED) is 0.167. The summed E-state index contributed by atoms with van der Waals surface area (Å²) in [4.78, 5) is 2.60. The van der Waals surface area contributed by atoms with Crippen molar-refractivity contribution in [1.82, 2.24) is 0 Å². The van der Waals surface area contributed by atoms with Crippen LogP contribution in [0.15, 0.2) is 237 Å². The van der Waals surface area contributed by atoms with E-state index in [2.05, 4.69) is 255 Å². The van der Waals surface area contributed by atoms with Crippen molar-refractivity contribution in [3.05, 3.63) is 292 Å². The van der Waals surface area contributed by atoms with Crippen LogP contribution < -0.4 is 4.90 Å². The average Bonchev–Trinajstić information content (AvgIpc) is 4.04. The number of hydrogen-bond acceptors (Lipinski definition) is 1. The summed E-state index contributed by atoms with van der Waals surface area (Å²) < 4.78 is 0. The van der Waals surface area contributed by atoms with Crippen molar-refractivity contribution in [2.75, 3.05) is 4.90 Å². The molecule has 0 aromatic heterocycles. The standard InChI is InChI=1S/C65H45N/c1-63(2)54-30-14-9-24-46(54)51-38-36-45(41-60(51)63)66(44-37-39-59-53(40-44)50-28-13-15-31-55(50)64(59,42-20-5-3-6-21-42)43-22-7-4-8-23-43)61-35-19-29-52-49-27-12-18-34-58(49)65(62(52)61)56-32-16-10-25-47(56)48-26-11-17-33-57(48)65/h3-41H,1-2H3. The number of rotatable bonds is 5. The molecule has 66 heavy (non-hydrogen) atoms. The van der Waals surface area contributed by atoms with E-state index in [4.69, 9.17) is 0 Å². The first kappa shape index (κ1) is 37.4. The van der Waals surface area contributed by atoms with Gasteiger partial charge in [-0.2, -0.15) is 0 Å². The van der Waals surface area contributed by atoms with E-state index in [1.54, 1.807) is 0 Å². The molecule has 310 valence electrons. The summed E-state index contributed by atoms with van der Waals surface area (Å²) in [6.07, 6.45) is 0. The zero-order chi connectivity index (χ0) is 43.8. The first-order valence-electron chi connectivity index (χ1n) is 23.3. The highest BCUT2D eigenvalue weighted by atomic mass is 15.1. The van der Waals surface area contributed by atoms with Gasteiger partial charge in [0.2, 0.25) is 0 Å². The van der Waals surface area contributed by atoms with Gasteiger partial charge >= 0.3 is 0 Å². The Morgan fingerprint density at radius 1 is 0.273 bits per heavy atom. The van der Waals surface area contributed by atoms with Crippen LogP contribution >= 0.6 is 0 Å². The van der Waals surface area contributed by atoms with E-state index in [0.717, 1.165) is 11.4 Å². The van der Waals surface area contributed by atoms with Crippen LogP contribution in [0.25, 0.3) is 44.5 Å². The minimum atomic E-state index is -0.528. The number of anilines is 3.